The molecule has 0 aliphatic carbocycles. The second-order valence-corrected chi connectivity index (χ2v) is 2.70. The predicted octanol–water partition coefficient (Wildman–Crippen LogP) is -1.34. The largest absolute Gasteiger partial charge is 0.464 e. The Balaban J connectivity index is 3.39. The van der Waals surface area contributed by atoms with Crippen molar-refractivity contribution >= 4 is 18.2 Å². The topological polar surface area (TPSA) is 143 Å². The highest BCUT2D eigenvalue weighted by Crippen LogP contribution is 1.84. The summed E-state index contributed by atoms with van der Waals surface area (Å²) in [5, 5.41) is 2.25. The van der Waals surface area contributed by atoms with E-state index in [4.69, 9.17) is 5.73 Å². The Morgan fingerprint density at radius 2 is 1.82 bits per heavy atom. The standard InChI is InChI=1S/C8H15N3O6/c9-2-1-6(12)15-4-3-11-8(14)17-5-16-7(10)13/h1-5,9H2,(H2,10,13)(H,11,14). The molecule has 0 bridgehead atoms. The van der Waals surface area contributed by atoms with Crippen molar-refractivity contribution in [3.8, 4) is 0 Å². The Labute approximate surface area is 97.3 Å². The molecule has 0 heterocycles. The fraction of sp³-hybridized carbons (Fsp3) is 0.625. The molecule has 9 nitrogen and oxygen atoms in total. The van der Waals surface area contributed by atoms with E-state index in [2.05, 4.69) is 25.3 Å². The first kappa shape index (κ1) is 15.0. The number of primary amides is 1. The van der Waals surface area contributed by atoms with E-state index in [1.54, 1.807) is 0 Å². The van der Waals surface area contributed by atoms with Crippen molar-refractivity contribution in [3.05, 3.63) is 0 Å². The number of alkyl carbamates (subject to hydrolysis) is 1. The van der Waals surface area contributed by atoms with Crippen LogP contribution in [0.2, 0.25) is 0 Å². The number of rotatable bonds is 7. The second kappa shape index (κ2) is 9.21. The van der Waals surface area contributed by atoms with Gasteiger partial charge in [0.2, 0.25) is 6.79 Å². The van der Waals surface area contributed by atoms with Gasteiger partial charge < -0.3 is 31.0 Å². The molecule has 0 aromatic heterocycles. The lowest BCUT2D eigenvalue weighted by Crippen LogP contribution is -2.30. The lowest BCUT2D eigenvalue weighted by molar-refractivity contribution is -0.143. The number of nitrogens with two attached hydrogens (primary N) is 2. The van der Waals surface area contributed by atoms with Crippen molar-refractivity contribution in [2.75, 3.05) is 26.5 Å². The second-order valence-electron chi connectivity index (χ2n) is 2.70. The number of carbonyl (C=O) groups is 3. The van der Waals surface area contributed by atoms with Crippen molar-refractivity contribution in [2.24, 2.45) is 11.5 Å². The molecule has 2 amide bonds. The van der Waals surface area contributed by atoms with Crippen LogP contribution in [0.5, 0.6) is 0 Å². The molecule has 0 aliphatic rings. The van der Waals surface area contributed by atoms with Crippen LogP contribution in [0.15, 0.2) is 0 Å². The molecule has 0 saturated heterocycles. The summed E-state index contributed by atoms with van der Waals surface area (Å²) in [5.74, 6) is -0.445. The van der Waals surface area contributed by atoms with E-state index < -0.39 is 24.9 Å². The minimum atomic E-state index is -1.05. The van der Waals surface area contributed by atoms with E-state index in [0.717, 1.165) is 0 Å². The Morgan fingerprint density at radius 3 is 2.41 bits per heavy atom. The molecule has 5 N–H and O–H groups in total. The van der Waals surface area contributed by atoms with Crippen LogP contribution in [0, 0.1) is 0 Å². The van der Waals surface area contributed by atoms with E-state index in [0.29, 0.717) is 0 Å². The van der Waals surface area contributed by atoms with Crippen LogP contribution in [-0.4, -0.2) is 44.6 Å². The van der Waals surface area contributed by atoms with E-state index in [1.165, 1.54) is 0 Å². The molecule has 0 radical (unpaired) electrons. The van der Waals surface area contributed by atoms with Crippen LogP contribution in [0.3, 0.4) is 0 Å². The Hall–Kier alpha value is -2.03. The number of ether oxygens (including phenoxy) is 3. The maximum Gasteiger partial charge on any atom is 0.410 e. The highest BCUT2D eigenvalue weighted by molar-refractivity contribution is 5.70. The minimum absolute atomic E-state index is 0.00457. The molecule has 0 aliphatic heterocycles. The molecule has 0 saturated carbocycles. The number of carbonyl (C=O) groups excluding carboxylic acids is 3. The Bertz CT molecular complexity index is 270. The highest BCUT2D eigenvalue weighted by Gasteiger charge is 2.04. The van der Waals surface area contributed by atoms with Crippen LogP contribution >= 0.6 is 0 Å². The monoisotopic (exact) mass is 249 g/mol. The van der Waals surface area contributed by atoms with Crippen LogP contribution < -0.4 is 16.8 Å². The summed E-state index contributed by atoms with van der Waals surface area (Å²) < 4.78 is 13.2. The molecule has 0 spiro atoms. The molecule has 0 aromatic rings. The third kappa shape index (κ3) is 10.3. The zero-order valence-corrected chi connectivity index (χ0v) is 9.14. The SMILES string of the molecule is NCCC(=O)OCCNC(=O)OCOC(N)=O. The molecule has 98 valence electrons. The lowest BCUT2D eigenvalue weighted by atomic mass is 10.4. The van der Waals surface area contributed by atoms with Gasteiger partial charge in [-0.3, -0.25) is 4.79 Å². The van der Waals surface area contributed by atoms with Gasteiger partial charge in [0.15, 0.2) is 0 Å². The van der Waals surface area contributed by atoms with E-state index in [9.17, 15) is 14.4 Å². The average Bonchev–Trinajstić information content (AvgIpc) is 2.24. The van der Waals surface area contributed by atoms with Crippen molar-refractivity contribution in [1.29, 1.82) is 0 Å². The fourth-order valence-corrected chi connectivity index (χ4v) is 0.700. The first-order valence-electron chi connectivity index (χ1n) is 4.74. The van der Waals surface area contributed by atoms with Gasteiger partial charge in [-0.2, -0.15) is 0 Å². The first-order valence-corrected chi connectivity index (χ1v) is 4.74. The normalized spacial score (nSPS) is 9.24. The van der Waals surface area contributed by atoms with Crippen molar-refractivity contribution in [2.45, 2.75) is 6.42 Å². The van der Waals surface area contributed by atoms with E-state index in [1.807, 2.05) is 0 Å². The maximum atomic E-state index is 10.9. The number of amides is 2. The minimum Gasteiger partial charge on any atom is -0.464 e. The molecule has 0 rings (SSSR count). The van der Waals surface area contributed by atoms with Gasteiger partial charge in [0, 0.05) is 6.54 Å². The van der Waals surface area contributed by atoms with Crippen LogP contribution in [-0.2, 0) is 19.0 Å². The van der Waals surface area contributed by atoms with Crippen molar-refractivity contribution in [3.63, 3.8) is 0 Å². The Morgan fingerprint density at radius 1 is 1.12 bits per heavy atom. The van der Waals surface area contributed by atoms with Crippen LogP contribution in [0.1, 0.15) is 6.42 Å². The van der Waals surface area contributed by atoms with Crippen LogP contribution in [0.4, 0.5) is 9.59 Å². The summed E-state index contributed by atoms with van der Waals surface area (Å²) in [6, 6.07) is 0. The molecule has 17 heavy (non-hydrogen) atoms. The average molecular weight is 249 g/mol. The van der Waals surface area contributed by atoms with Crippen molar-refractivity contribution in [1.82, 2.24) is 5.32 Å². The highest BCUT2D eigenvalue weighted by atomic mass is 16.7. The van der Waals surface area contributed by atoms with Crippen LogP contribution in [0.25, 0.3) is 0 Å². The lowest BCUT2D eigenvalue weighted by Gasteiger charge is -2.07. The third-order valence-corrected chi connectivity index (χ3v) is 1.37. The van der Waals surface area contributed by atoms with Crippen molar-refractivity contribution < 1.29 is 28.6 Å². The summed E-state index contributed by atoms with van der Waals surface area (Å²) >= 11 is 0. The zero-order chi connectivity index (χ0) is 13.1. The summed E-state index contributed by atoms with van der Waals surface area (Å²) in [6.45, 7) is -0.288. The van der Waals surface area contributed by atoms with Gasteiger partial charge in [-0.05, 0) is 0 Å². The van der Waals surface area contributed by atoms with E-state index >= 15 is 0 Å². The quantitative estimate of drug-likeness (QED) is 0.287. The van der Waals surface area contributed by atoms with Gasteiger partial charge in [0.25, 0.3) is 0 Å². The first-order chi connectivity index (χ1) is 8.06. The number of hydrogen-bond donors (Lipinski definition) is 3. The van der Waals surface area contributed by atoms with E-state index in [-0.39, 0.29) is 26.1 Å². The third-order valence-electron chi connectivity index (χ3n) is 1.37. The molecule has 0 aromatic carbocycles. The molecule has 9 heteroatoms. The summed E-state index contributed by atoms with van der Waals surface area (Å²) in [7, 11) is 0. The predicted molar refractivity (Wildman–Crippen MR) is 54.6 cm³/mol. The van der Waals surface area contributed by atoms with Gasteiger partial charge in [0.05, 0.1) is 13.0 Å². The van der Waals surface area contributed by atoms with Gasteiger partial charge in [-0.1, -0.05) is 0 Å². The Kier molecular flexibility index (Phi) is 8.11. The molecule has 0 atom stereocenters. The van der Waals surface area contributed by atoms with Gasteiger partial charge in [-0.15, -0.1) is 0 Å². The summed E-state index contributed by atoms with van der Waals surface area (Å²) in [5.41, 5.74) is 9.74. The molecular formula is C8H15N3O6. The maximum absolute atomic E-state index is 10.9. The summed E-state index contributed by atoms with van der Waals surface area (Å²) in [6.07, 6.45) is -1.74. The van der Waals surface area contributed by atoms with Gasteiger partial charge >= 0.3 is 18.2 Å². The number of nitrogens with one attached hydrogen (secondary N) is 1. The molecular weight excluding hydrogens is 234 g/mol. The smallest absolute Gasteiger partial charge is 0.410 e. The number of hydrogen-bond acceptors (Lipinski definition) is 7. The number of esters is 1. The molecule has 0 fully saturated rings. The van der Waals surface area contributed by atoms with Gasteiger partial charge in [0.1, 0.15) is 6.61 Å². The summed E-state index contributed by atoms with van der Waals surface area (Å²) in [4.78, 5) is 31.8. The van der Waals surface area contributed by atoms with Gasteiger partial charge in [-0.25, -0.2) is 9.59 Å². The fourth-order valence-electron chi connectivity index (χ4n) is 0.700. The zero-order valence-electron chi connectivity index (χ0n) is 9.14. The molecule has 0 unspecified atom stereocenters.